The molecule has 1 aromatic carbocycles. The van der Waals surface area contributed by atoms with E-state index in [-0.39, 0.29) is 6.10 Å². The molecular formula is C16H24N2O. The molecule has 104 valence electrons. The fraction of sp³-hybridized carbons (Fsp3) is 0.625. The van der Waals surface area contributed by atoms with Crippen molar-refractivity contribution in [3.8, 4) is 5.75 Å². The fourth-order valence-corrected chi connectivity index (χ4v) is 2.93. The summed E-state index contributed by atoms with van der Waals surface area (Å²) in [5, 5.41) is 3.56. The quantitative estimate of drug-likeness (QED) is 0.767. The molecule has 0 heterocycles. The Hall–Kier alpha value is -1.38. The number of nitrogen functional groups attached to an aromatic ring is 1. The average Bonchev–Trinajstić information content (AvgIpc) is 3.18. The van der Waals surface area contributed by atoms with Gasteiger partial charge in [-0.3, -0.25) is 0 Å². The minimum Gasteiger partial charge on any atom is -0.491 e. The molecule has 0 aromatic heterocycles. The zero-order valence-electron chi connectivity index (χ0n) is 11.9. The summed E-state index contributed by atoms with van der Waals surface area (Å²) in [5.74, 6) is 1.83. The summed E-state index contributed by atoms with van der Waals surface area (Å²) in [5.41, 5.74) is 8.39. The summed E-state index contributed by atoms with van der Waals surface area (Å²) >= 11 is 0. The van der Waals surface area contributed by atoms with E-state index in [4.69, 9.17) is 10.5 Å². The monoisotopic (exact) mass is 260 g/mol. The lowest BCUT2D eigenvalue weighted by atomic mass is 10.0. The molecule has 2 saturated carbocycles. The number of nitrogens with two attached hydrogens (primary N) is 1. The first-order chi connectivity index (χ1) is 9.07. The van der Waals surface area contributed by atoms with Gasteiger partial charge in [0.2, 0.25) is 0 Å². The number of nitrogens with one attached hydrogen (secondary N) is 1. The van der Waals surface area contributed by atoms with Gasteiger partial charge in [-0.25, -0.2) is 0 Å². The Kier molecular flexibility index (Phi) is 3.08. The molecule has 1 aromatic rings. The van der Waals surface area contributed by atoms with Crippen LogP contribution in [0.5, 0.6) is 5.75 Å². The van der Waals surface area contributed by atoms with Gasteiger partial charge >= 0.3 is 0 Å². The third kappa shape index (κ3) is 2.96. The van der Waals surface area contributed by atoms with Crippen LogP contribution in [0.3, 0.4) is 0 Å². The fourth-order valence-electron chi connectivity index (χ4n) is 2.93. The second kappa shape index (κ2) is 4.62. The van der Waals surface area contributed by atoms with Gasteiger partial charge in [-0.2, -0.15) is 0 Å². The van der Waals surface area contributed by atoms with E-state index in [9.17, 15) is 0 Å². The highest BCUT2D eigenvalue weighted by Gasteiger charge is 2.53. The van der Waals surface area contributed by atoms with Crippen molar-refractivity contribution in [3.05, 3.63) is 18.2 Å². The van der Waals surface area contributed by atoms with Gasteiger partial charge in [-0.15, -0.1) is 0 Å². The summed E-state index contributed by atoms with van der Waals surface area (Å²) in [7, 11) is 0. The summed E-state index contributed by atoms with van der Waals surface area (Å²) in [6.07, 6.45) is 5.82. The van der Waals surface area contributed by atoms with E-state index in [2.05, 4.69) is 11.4 Å². The van der Waals surface area contributed by atoms with Crippen LogP contribution in [-0.2, 0) is 0 Å². The number of benzene rings is 1. The van der Waals surface area contributed by atoms with Crippen LogP contribution in [-0.4, -0.2) is 12.6 Å². The van der Waals surface area contributed by atoms with Gasteiger partial charge in [0.1, 0.15) is 5.75 Å². The molecule has 0 spiro atoms. The molecule has 3 N–H and O–H groups in total. The first kappa shape index (κ1) is 12.6. The SMILES string of the molecule is CC(C)Oc1cc(N)cc(NCC2(C3CC3)CC2)c1. The smallest absolute Gasteiger partial charge is 0.123 e. The van der Waals surface area contributed by atoms with Crippen molar-refractivity contribution in [2.45, 2.75) is 45.6 Å². The molecule has 3 nitrogen and oxygen atoms in total. The highest BCUT2D eigenvalue weighted by atomic mass is 16.5. The van der Waals surface area contributed by atoms with Gasteiger partial charge in [-0.1, -0.05) is 0 Å². The van der Waals surface area contributed by atoms with Gasteiger partial charge in [0.05, 0.1) is 6.10 Å². The molecule has 19 heavy (non-hydrogen) atoms. The van der Waals surface area contributed by atoms with E-state index < -0.39 is 0 Å². The average molecular weight is 260 g/mol. The molecule has 0 aliphatic heterocycles. The highest BCUT2D eigenvalue weighted by Crippen LogP contribution is 2.61. The lowest BCUT2D eigenvalue weighted by molar-refractivity contribution is 0.242. The number of hydrogen-bond donors (Lipinski definition) is 2. The van der Waals surface area contributed by atoms with Crippen molar-refractivity contribution >= 4 is 11.4 Å². The molecule has 0 atom stereocenters. The van der Waals surface area contributed by atoms with Crippen LogP contribution in [0.4, 0.5) is 11.4 Å². The van der Waals surface area contributed by atoms with Gasteiger partial charge < -0.3 is 15.8 Å². The van der Waals surface area contributed by atoms with Crippen LogP contribution in [0.25, 0.3) is 0 Å². The third-order valence-electron chi connectivity index (χ3n) is 4.28. The van der Waals surface area contributed by atoms with E-state index in [1.54, 1.807) is 0 Å². The topological polar surface area (TPSA) is 47.3 Å². The van der Waals surface area contributed by atoms with Crippen LogP contribution >= 0.6 is 0 Å². The third-order valence-corrected chi connectivity index (χ3v) is 4.28. The number of rotatable bonds is 6. The summed E-state index contributed by atoms with van der Waals surface area (Å²) in [6, 6.07) is 5.94. The van der Waals surface area contributed by atoms with E-state index >= 15 is 0 Å². The Morgan fingerprint density at radius 3 is 2.63 bits per heavy atom. The number of anilines is 2. The predicted molar refractivity (Wildman–Crippen MR) is 79.5 cm³/mol. The molecule has 0 amide bonds. The lowest BCUT2D eigenvalue weighted by Crippen LogP contribution is -2.17. The first-order valence-electron chi connectivity index (χ1n) is 7.38. The molecule has 2 aliphatic carbocycles. The second-order valence-electron chi connectivity index (χ2n) is 6.45. The van der Waals surface area contributed by atoms with Crippen LogP contribution in [0.1, 0.15) is 39.5 Å². The zero-order chi connectivity index (χ0) is 13.5. The van der Waals surface area contributed by atoms with Gasteiger partial charge in [0.25, 0.3) is 0 Å². The molecule has 0 bridgehead atoms. The van der Waals surface area contributed by atoms with E-state index in [1.807, 2.05) is 26.0 Å². The molecule has 0 radical (unpaired) electrons. The highest BCUT2D eigenvalue weighted by molar-refractivity contribution is 5.59. The Bertz CT molecular complexity index is 462. The molecule has 3 rings (SSSR count). The van der Waals surface area contributed by atoms with Crippen LogP contribution in [0.15, 0.2) is 18.2 Å². The number of hydrogen-bond acceptors (Lipinski definition) is 3. The first-order valence-corrected chi connectivity index (χ1v) is 7.38. The predicted octanol–water partition coefficient (Wildman–Crippen LogP) is 3.66. The Morgan fingerprint density at radius 2 is 2.05 bits per heavy atom. The van der Waals surface area contributed by atoms with Gasteiger partial charge in [-0.05, 0) is 56.9 Å². The molecule has 0 unspecified atom stereocenters. The van der Waals surface area contributed by atoms with Gasteiger partial charge in [0, 0.05) is 30.1 Å². The van der Waals surface area contributed by atoms with Crippen molar-refractivity contribution in [3.63, 3.8) is 0 Å². The largest absolute Gasteiger partial charge is 0.491 e. The standard InChI is InChI=1S/C16H24N2O/c1-11(2)19-15-8-13(17)7-14(9-15)18-10-16(5-6-16)12-3-4-12/h7-9,11-12,18H,3-6,10,17H2,1-2H3. The van der Waals surface area contributed by atoms with Crippen LogP contribution in [0.2, 0.25) is 0 Å². The lowest BCUT2D eigenvalue weighted by Gasteiger charge is -2.17. The summed E-state index contributed by atoms with van der Waals surface area (Å²) < 4.78 is 5.72. The second-order valence-corrected chi connectivity index (χ2v) is 6.45. The zero-order valence-corrected chi connectivity index (χ0v) is 11.9. The molecule has 2 aliphatic rings. The van der Waals surface area contributed by atoms with Crippen molar-refractivity contribution < 1.29 is 4.74 Å². The Balaban J connectivity index is 1.65. The van der Waals surface area contributed by atoms with Crippen LogP contribution in [0, 0.1) is 11.3 Å². The Labute approximate surface area is 115 Å². The summed E-state index contributed by atoms with van der Waals surface area (Å²) in [4.78, 5) is 0. The van der Waals surface area contributed by atoms with E-state index in [0.29, 0.717) is 5.41 Å². The van der Waals surface area contributed by atoms with E-state index in [1.165, 1.54) is 25.7 Å². The molecular weight excluding hydrogens is 236 g/mol. The Morgan fingerprint density at radius 1 is 1.32 bits per heavy atom. The molecule has 3 heteroatoms. The maximum atomic E-state index is 5.94. The van der Waals surface area contributed by atoms with Crippen molar-refractivity contribution in [2.24, 2.45) is 11.3 Å². The maximum absolute atomic E-state index is 5.94. The molecule has 2 fully saturated rings. The molecule has 0 saturated heterocycles. The normalized spacial score (nSPS) is 20.4. The number of ether oxygens (including phenoxy) is 1. The summed E-state index contributed by atoms with van der Waals surface area (Å²) in [6.45, 7) is 5.15. The van der Waals surface area contributed by atoms with E-state index in [0.717, 1.165) is 29.6 Å². The van der Waals surface area contributed by atoms with Crippen molar-refractivity contribution in [1.29, 1.82) is 0 Å². The minimum atomic E-state index is 0.177. The van der Waals surface area contributed by atoms with Crippen molar-refractivity contribution in [2.75, 3.05) is 17.6 Å². The minimum absolute atomic E-state index is 0.177. The van der Waals surface area contributed by atoms with Gasteiger partial charge in [0.15, 0.2) is 0 Å². The maximum Gasteiger partial charge on any atom is 0.123 e. The van der Waals surface area contributed by atoms with Crippen molar-refractivity contribution in [1.82, 2.24) is 0 Å². The van der Waals surface area contributed by atoms with Crippen LogP contribution < -0.4 is 15.8 Å².